The topological polar surface area (TPSA) is 40.5 Å². The summed E-state index contributed by atoms with van der Waals surface area (Å²) in [7, 11) is 1.85. The van der Waals surface area contributed by atoms with Crippen LogP contribution in [0.2, 0.25) is 0 Å². The zero-order chi connectivity index (χ0) is 14.3. The number of phenols is 1. The predicted molar refractivity (Wildman–Crippen MR) is 77.9 cm³/mol. The van der Waals surface area contributed by atoms with Gasteiger partial charge in [0.1, 0.15) is 5.75 Å². The minimum atomic E-state index is 0.150. The highest BCUT2D eigenvalue weighted by atomic mass is 16.3. The van der Waals surface area contributed by atoms with Crippen molar-refractivity contribution in [2.75, 3.05) is 7.05 Å². The molecule has 1 aromatic rings. The monoisotopic (exact) mass is 263 g/mol. The van der Waals surface area contributed by atoms with Crippen LogP contribution < -0.4 is 0 Å². The molecule has 3 nitrogen and oxygen atoms in total. The third kappa shape index (κ3) is 4.93. The van der Waals surface area contributed by atoms with Gasteiger partial charge in [-0.15, -0.1) is 0 Å². The Balaban J connectivity index is 2.62. The number of hydrogen-bond donors (Lipinski definition) is 1. The predicted octanol–water partition coefficient (Wildman–Crippen LogP) is 3.57. The second-order valence-corrected chi connectivity index (χ2v) is 5.14. The van der Waals surface area contributed by atoms with E-state index in [1.165, 1.54) is 0 Å². The van der Waals surface area contributed by atoms with E-state index in [4.69, 9.17) is 0 Å². The Kier molecular flexibility index (Phi) is 6.40. The number of nitrogens with zero attached hydrogens (tertiary/aromatic N) is 1. The molecule has 19 heavy (non-hydrogen) atoms. The number of rotatable bonds is 7. The molecule has 0 spiro atoms. The fourth-order valence-electron chi connectivity index (χ4n) is 2.35. The van der Waals surface area contributed by atoms with E-state index in [2.05, 4.69) is 13.8 Å². The van der Waals surface area contributed by atoms with Gasteiger partial charge in [-0.05, 0) is 30.5 Å². The third-order valence-corrected chi connectivity index (χ3v) is 3.36. The Morgan fingerprint density at radius 2 is 1.68 bits per heavy atom. The van der Waals surface area contributed by atoms with Crippen LogP contribution in [-0.2, 0) is 11.3 Å². The molecule has 0 bridgehead atoms. The van der Waals surface area contributed by atoms with Gasteiger partial charge in [0.2, 0.25) is 5.91 Å². The van der Waals surface area contributed by atoms with E-state index in [0.29, 0.717) is 6.54 Å². The maximum atomic E-state index is 12.4. The van der Waals surface area contributed by atoms with Gasteiger partial charge in [0.15, 0.2) is 0 Å². The molecule has 0 aliphatic rings. The van der Waals surface area contributed by atoms with Crippen molar-refractivity contribution >= 4 is 5.91 Å². The standard InChI is InChI=1S/C16H25NO2/c1-4-6-14(7-5-2)16(19)17(3)12-13-8-10-15(18)11-9-13/h8-11,14,18H,4-7,12H2,1-3H3. The first-order valence-corrected chi connectivity index (χ1v) is 7.11. The van der Waals surface area contributed by atoms with E-state index in [1.807, 2.05) is 19.2 Å². The normalized spacial score (nSPS) is 10.7. The summed E-state index contributed by atoms with van der Waals surface area (Å²) in [5, 5.41) is 9.25. The van der Waals surface area contributed by atoms with Crippen LogP contribution in [0.5, 0.6) is 5.75 Å². The largest absolute Gasteiger partial charge is 0.508 e. The SMILES string of the molecule is CCCC(CCC)C(=O)N(C)Cc1ccc(O)cc1. The summed E-state index contributed by atoms with van der Waals surface area (Å²) < 4.78 is 0. The minimum absolute atomic E-state index is 0.150. The number of carbonyl (C=O) groups excluding carboxylic acids is 1. The Morgan fingerprint density at radius 1 is 1.16 bits per heavy atom. The van der Waals surface area contributed by atoms with Gasteiger partial charge in [-0.3, -0.25) is 4.79 Å². The summed E-state index contributed by atoms with van der Waals surface area (Å²) in [5.41, 5.74) is 1.04. The van der Waals surface area contributed by atoms with Crippen LogP contribution >= 0.6 is 0 Å². The van der Waals surface area contributed by atoms with Gasteiger partial charge in [-0.2, -0.15) is 0 Å². The number of phenolic OH excluding ortho intramolecular Hbond substituents is 1. The van der Waals surface area contributed by atoms with Crippen LogP contribution in [0.15, 0.2) is 24.3 Å². The lowest BCUT2D eigenvalue weighted by Gasteiger charge is -2.23. The Bertz CT molecular complexity index is 380. The molecule has 1 rings (SSSR count). The fourth-order valence-corrected chi connectivity index (χ4v) is 2.35. The van der Waals surface area contributed by atoms with Gasteiger partial charge in [0.25, 0.3) is 0 Å². The molecule has 3 heteroatoms. The molecular weight excluding hydrogens is 238 g/mol. The van der Waals surface area contributed by atoms with Crippen LogP contribution in [0.3, 0.4) is 0 Å². The molecule has 0 saturated heterocycles. The van der Waals surface area contributed by atoms with Crippen LogP contribution in [-0.4, -0.2) is 23.0 Å². The molecule has 0 heterocycles. The van der Waals surface area contributed by atoms with Crippen molar-refractivity contribution < 1.29 is 9.90 Å². The zero-order valence-electron chi connectivity index (χ0n) is 12.2. The fraction of sp³-hybridized carbons (Fsp3) is 0.562. The van der Waals surface area contributed by atoms with Gasteiger partial charge in [0.05, 0.1) is 0 Å². The molecule has 0 unspecified atom stereocenters. The molecule has 0 fully saturated rings. The molecule has 0 atom stereocenters. The highest BCUT2D eigenvalue weighted by Gasteiger charge is 2.20. The zero-order valence-corrected chi connectivity index (χ0v) is 12.2. The summed E-state index contributed by atoms with van der Waals surface area (Å²) in [4.78, 5) is 14.2. The Hall–Kier alpha value is -1.51. The van der Waals surface area contributed by atoms with Gasteiger partial charge in [-0.1, -0.05) is 38.8 Å². The molecule has 1 aromatic carbocycles. The average molecular weight is 263 g/mol. The summed E-state index contributed by atoms with van der Waals surface area (Å²) in [6.45, 7) is 4.84. The number of amides is 1. The second kappa shape index (κ2) is 7.82. The molecule has 0 radical (unpaired) electrons. The molecule has 0 aromatic heterocycles. The van der Waals surface area contributed by atoms with E-state index in [0.717, 1.165) is 31.2 Å². The number of aromatic hydroxyl groups is 1. The molecule has 0 saturated carbocycles. The summed E-state index contributed by atoms with van der Waals surface area (Å²) in [6.07, 6.45) is 4.02. The van der Waals surface area contributed by atoms with Crippen LogP contribution in [0.25, 0.3) is 0 Å². The van der Waals surface area contributed by atoms with Crippen molar-refractivity contribution in [1.29, 1.82) is 0 Å². The van der Waals surface area contributed by atoms with E-state index in [-0.39, 0.29) is 17.6 Å². The quantitative estimate of drug-likeness (QED) is 0.817. The van der Waals surface area contributed by atoms with Crippen molar-refractivity contribution in [3.05, 3.63) is 29.8 Å². The minimum Gasteiger partial charge on any atom is -0.508 e. The highest BCUT2D eigenvalue weighted by Crippen LogP contribution is 2.18. The number of carbonyl (C=O) groups is 1. The first-order valence-electron chi connectivity index (χ1n) is 7.11. The van der Waals surface area contributed by atoms with Crippen molar-refractivity contribution in [2.24, 2.45) is 5.92 Å². The van der Waals surface area contributed by atoms with Crippen molar-refractivity contribution in [3.8, 4) is 5.75 Å². The Morgan fingerprint density at radius 3 is 2.16 bits per heavy atom. The molecule has 106 valence electrons. The number of hydrogen-bond acceptors (Lipinski definition) is 2. The molecular formula is C16H25NO2. The lowest BCUT2D eigenvalue weighted by Crippen LogP contribution is -2.32. The molecule has 0 aliphatic carbocycles. The van der Waals surface area contributed by atoms with Gasteiger partial charge in [-0.25, -0.2) is 0 Å². The smallest absolute Gasteiger partial charge is 0.225 e. The van der Waals surface area contributed by atoms with Gasteiger partial charge in [0, 0.05) is 19.5 Å². The van der Waals surface area contributed by atoms with Gasteiger partial charge >= 0.3 is 0 Å². The van der Waals surface area contributed by atoms with Crippen LogP contribution in [0, 0.1) is 5.92 Å². The maximum Gasteiger partial charge on any atom is 0.225 e. The first-order chi connectivity index (χ1) is 9.08. The van der Waals surface area contributed by atoms with Crippen LogP contribution in [0.4, 0.5) is 0 Å². The second-order valence-electron chi connectivity index (χ2n) is 5.14. The van der Waals surface area contributed by atoms with E-state index in [9.17, 15) is 9.90 Å². The van der Waals surface area contributed by atoms with Crippen LogP contribution in [0.1, 0.15) is 45.1 Å². The number of benzene rings is 1. The molecule has 1 N–H and O–H groups in total. The first kappa shape index (κ1) is 15.5. The third-order valence-electron chi connectivity index (χ3n) is 3.36. The summed E-state index contributed by atoms with van der Waals surface area (Å²) in [6, 6.07) is 7.02. The van der Waals surface area contributed by atoms with E-state index >= 15 is 0 Å². The van der Waals surface area contributed by atoms with Crippen molar-refractivity contribution in [1.82, 2.24) is 4.90 Å². The Labute approximate surface area is 116 Å². The highest BCUT2D eigenvalue weighted by molar-refractivity contribution is 5.78. The average Bonchev–Trinajstić information content (AvgIpc) is 2.40. The van der Waals surface area contributed by atoms with Crippen molar-refractivity contribution in [2.45, 2.75) is 46.1 Å². The summed E-state index contributed by atoms with van der Waals surface area (Å²) >= 11 is 0. The van der Waals surface area contributed by atoms with E-state index in [1.54, 1.807) is 17.0 Å². The summed E-state index contributed by atoms with van der Waals surface area (Å²) in [5.74, 6) is 0.640. The van der Waals surface area contributed by atoms with E-state index < -0.39 is 0 Å². The molecule has 0 aliphatic heterocycles. The van der Waals surface area contributed by atoms with Gasteiger partial charge < -0.3 is 10.0 Å². The molecule has 1 amide bonds. The lowest BCUT2D eigenvalue weighted by atomic mass is 9.96. The lowest BCUT2D eigenvalue weighted by molar-refractivity contribution is -0.135. The van der Waals surface area contributed by atoms with Crippen molar-refractivity contribution in [3.63, 3.8) is 0 Å². The maximum absolute atomic E-state index is 12.4.